The predicted molar refractivity (Wildman–Crippen MR) is 52.5 cm³/mol. The zero-order chi connectivity index (χ0) is 8.53. The fourth-order valence-corrected chi connectivity index (χ4v) is 1.03. The molecule has 0 N–H and O–H groups in total. The molecule has 0 spiro atoms. The van der Waals surface area contributed by atoms with Crippen molar-refractivity contribution in [2.75, 3.05) is 11.5 Å². The molecule has 2 nitrogen and oxygen atoms in total. The van der Waals surface area contributed by atoms with Crippen molar-refractivity contribution < 1.29 is 29.0 Å². The number of unbranched alkanes of at least 4 members (excludes halogenated alkanes) is 2. The van der Waals surface area contributed by atoms with Crippen LogP contribution in [-0.4, -0.2) is 17.5 Å². The van der Waals surface area contributed by atoms with Crippen LogP contribution in [0.2, 0.25) is 0 Å². The van der Waals surface area contributed by atoms with E-state index in [9.17, 15) is 4.79 Å². The van der Waals surface area contributed by atoms with Gasteiger partial charge in [-0.1, -0.05) is 28.5 Å². The van der Waals surface area contributed by atoms with Gasteiger partial charge in [-0.05, 0) is 17.3 Å². The summed E-state index contributed by atoms with van der Waals surface area (Å²) in [6, 6.07) is 0. The molecule has 0 aromatic rings. The van der Waals surface area contributed by atoms with E-state index >= 15 is 0 Å². The smallest absolute Gasteiger partial charge is 0.384 e. The fourth-order valence-electron chi connectivity index (χ4n) is 0.494. The first-order chi connectivity index (χ1) is 5.31. The molecule has 0 saturated carbocycles. The zero-order valence-electron chi connectivity index (χ0n) is 7.23. The van der Waals surface area contributed by atoms with Crippen molar-refractivity contribution in [2.24, 2.45) is 0 Å². The molecule has 0 aromatic heterocycles. The molecule has 12 heavy (non-hydrogen) atoms. The summed E-state index contributed by atoms with van der Waals surface area (Å²) in [4.78, 5) is 10.4. The van der Waals surface area contributed by atoms with Crippen LogP contribution >= 0.6 is 22.6 Å². The average Bonchev–Trinajstić information content (AvgIpc) is 2.04. The van der Waals surface area contributed by atoms with Crippen molar-refractivity contribution in [2.45, 2.75) is 19.3 Å². The van der Waals surface area contributed by atoms with Gasteiger partial charge in [0.25, 0.3) is 0 Å². The Hall–Kier alpha value is 0.383. The minimum Gasteiger partial charge on any atom is -0.459 e. The molecule has 0 unspecified atom stereocenters. The third kappa shape index (κ3) is 10.4. The molecule has 0 rings (SSSR count). The maximum absolute atomic E-state index is 10.4. The first-order valence-corrected chi connectivity index (χ1v) is 4.96. The Morgan fingerprint density at radius 2 is 2.17 bits per heavy atom. The first kappa shape index (κ1) is 14.9. The molecular formula is C8H11IO2Zn. The van der Waals surface area contributed by atoms with E-state index in [4.69, 9.17) is 0 Å². The molecule has 64 valence electrons. The maximum Gasteiger partial charge on any atom is 0.384 e. The van der Waals surface area contributed by atoms with Gasteiger partial charge in [-0.2, -0.15) is 0 Å². The zero-order valence-corrected chi connectivity index (χ0v) is 12.4. The average molecular weight is 331 g/mol. The first-order valence-electron chi connectivity index (χ1n) is 3.44. The fraction of sp³-hybridized carbons (Fsp3) is 0.625. The summed E-state index contributed by atoms with van der Waals surface area (Å²) in [5.41, 5.74) is 0. The van der Waals surface area contributed by atoms with Gasteiger partial charge in [0.1, 0.15) is 0 Å². The molecule has 0 amide bonds. The van der Waals surface area contributed by atoms with Gasteiger partial charge in [0, 0.05) is 31.8 Å². The second-order valence-corrected chi connectivity index (χ2v) is 3.02. The number of halogens is 1. The van der Waals surface area contributed by atoms with Crippen molar-refractivity contribution in [1.29, 1.82) is 0 Å². The second kappa shape index (κ2) is 11.4. The monoisotopic (exact) mass is 330 g/mol. The van der Waals surface area contributed by atoms with Crippen molar-refractivity contribution in [3.8, 4) is 11.8 Å². The number of esters is 1. The molecule has 0 fully saturated rings. The topological polar surface area (TPSA) is 26.3 Å². The molecule has 4 heteroatoms. The van der Waals surface area contributed by atoms with E-state index in [1.54, 1.807) is 0 Å². The summed E-state index contributed by atoms with van der Waals surface area (Å²) < 4.78 is 5.49. The number of ether oxygens (including phenoxy) is 1. The molecule has 0 aliphatic heterocycles. The summed E-state index contributed by atoms with van der Waals surface area (Å²) in [7, 11) is 1.34. The molecular weight excluding hydrogens is 320 g/mol. The normalized spacial score (nSPS) is 7.50. The molecule has 0 radical (unpaired) electrons. The molecule has 0 aliphatic carbocycles. The van der Waals surface area contributed by atoms with E-state index < -0.39 is 5.97 Å². The Kier molecular flexibility index (Phi) is 14.1. The molecule has 0 heterocycles. The van der Waals surface area contributed by atoms with Gasteiger partial charge in [-0.3, -0.25) is 0 Å². The van der Waals surface area contributed by atoms with Crippen LogP contribution in [0.4, 0.5) is 0 Å². The Balaban J connectivity index is 0. The number of hydrogen-bond donors (Lipinski definition) is 0. The minimum atomic E-state index is -0.445. The van der Waals surface area contributed by atoms with Gasteiger partial charge >= 0.3 is 5.97 Å². The standard InChI is InChI=1S/C8H11IO2.Zn/c1-11-8(10)6-4-2-3-5-7-9;/h2-3,5,7H2,1H3;. The second-order valence-electron chi connectivity index (χ2n) is 1.94. The molecule has 0 bridgehead atoms. The van der Waals surface area contributed by atoms with E-state index in [-0.39, 0.29) is 19.5 Å². The van der Waals surface area contributed by atoms with Crippen LogP contribution in [0.1, 0.15) is 19.3 Å². The van der Waals surface area contributed by atoms with Gasteiger partial charge in [-0.15, -0.1) is 0 Å². The number of carbonyl (C=O) groups is 1. The molecule has 0 saturated heterocycles. The SMILES string of the molecule is COC(=O)C#CCCCCI.[Zn]. The quantitative estimate of drug-likeness (QED) is 0.150. The van der Waals surface area contributed by atoms with Gasteiger partial charge < -0.3 is 4.74 Å². The van der Waals surface area contributed by atoms with Gasteiger partial charge in [0.05, 0.1) is 7.11 Å². The third-order valence-corrected chi connectivity index (χ3v) is 1.82. The summed E-state index contributed by atoms with van der Waals surface area (Å²) >= 11 is 2.32. The molecule has 0 aromatic carbocycles. The van der Waals surface area contributed by atoms with Crippen LogP contribution < -0.4 is 0 Å². The Morgan fingerprint density at radius 1 is 1.50 bits per heavy atom. The van der Waals surface area contributed by atoms with Crippen LogP contribution in [0, 0.1) is 11.8 Å². The van der Waals surface area contributed by atoms with Crippen LogP contribution in [0.25, 0.3) is 0 Å². The number of alkyl halides is 1. The van der Waals surface area contributed by atoms with E-state index in [0.29, 0.717) is 0 Å². The summed E-state index contributed by atoms with van der Waals surface area (Å²) in [6.45, 7) is 0. The van der Waals surface area contributed by atoms with Gasteiger partial charge in [0.15, 0.2) is 0 Å². The summed E-state index contributed by atoms with van der Waals surface area (Å²) in [5.74, 6) is 4.68. The van der Waals surface area contributed by atoms with Crippen LogP contribution in [-0.2, 0) is 29.0 Å². The summed E-state index contributed by atoms with van der Waals surface area (Å²) in [5, 5.41) is 0. The van der Waals surface area contributed by atoms with Crippen LogP contribution in [0.15, 0.2) is 0 Å². The van der Waals surface area contributed by atoms with Crippen molar-refractivity contribution in [1.82, 2.24) is 0 Å². The van der Waals surface area contributed by atoms with Crippen molar-refractivity contribution in [3.05, 3.63) is 0 Å². The Bertz CT molecular complexity index is 172. The number of carbonyl (C=O) groups excluding carboxylic acids is 1. The van der Waals surface area contributed by atoms with Crippen LogP contribution in [0.5, 0.6) is 0 Å². The molecule has 0 atom stereocenters. The van der Waals surface area contributed by atoms with Crippen molar-refractivity contribution in [3.63, 3.8) is 0 Å². The number of rotatable bonds is 3. The minimum absolute atomic E-state index is 0. The van der Waals surface area contributed by atoms with E-state index in [2.05, 4.69) is 39.2 Å². The maximum atomic E-state index is 10.4. The molecule has 0 aliphatic rings. The summed E-state index contributed by atoms with van der Waals surface area (Å²) in [6.07, 6.45) is 3.02. The third-order valence-electron chi connectivity index (χ3n) is 1.06. The number of hydrogen-bond acceptors (Lipinski definition) is 2. The van der Waals surface area contributed by atoms with Gasteiger partial charge in [0.2, 0.25) is 0 Å². The Labute approximate surface area is 99.7 Å². The van der Waals surface area contributed by atoms with Crippen molar-refractivity contribution >= 4 is 28.6 Å². The van der Waals surface area contributed by atoms with E-state index in [1.165, 1.54) is 7.11 Å². The van der Waals surface area contributed by atoms with E-state index in [0.717, 1.165) is 23.7 Å². The largest absolute Gasteiger partial charge is 0.459 e. The Morgan fingerprint density at radius 3 is 2.67 bits per heavy atom. The van der Waals surface area contributed by atoms with E-state index in [1.807, 2.05) is 0 Å². The number of methoxy groups -OCH3 is 1. The van der Waals surface area contributed by atoms with Crippen LogP contribution in [0.3, 0.4) is 0 Å². The predicted octanol–water partition coefficient (Wildman–Crippen LogP) is 1.77. The van der Waals surface area contributed by atoms with Gasteiger partial charge in [-0.25, -0.2) is 4.79 Å².